The average molecular weight is 376 g/mol. The molecule has 1 aromatic carbocycles. The van der Waals surface area contributed by atoms with Crippen LogP contribution in [0.25, 0.3) is 0 Å². The lowest BCUT2D eigenvalue weighted by Crippen LogP contribution is -2.37. The summed E-state index contributed by atoms with van der Waals surface area (Å²) in [7, 11) is 0. The zero-order valence-corrected chi connectivity index (χ0v) is 16.5. The summed E-state index contributed by atoms with van der Waals surface area (Å²) in [6.07, 6.45) is 12.1. The summed E-state index contributed by atoms with van der Waals surface area (Å²) >= 11 is 0. The molecule has 0 aliphatic carbocycles. The van der Waals surface area contributed by atoms with Crippen LogP contribution in [0.15, 0.2) is 24.3 Å². The molecule has 1 heterocycles. The summed E-state index contributed by atoms with van der Waals surface area (Å²) in [4.78, 5) is 23.6. The maximum absolute atomic E-state index is 12.1. The molecule has 0 unspecified atom stereocenters. The van der Waals surface area contributed by atoms with Gasteiger partial charge in [-0.05, 0) is 30.7 Å². The molecule has 1 aliphatic rings. The van der Waals surface area contributed by atoms with Crippen molar-refractivity contribution in [3.63, 3.8) is 0 Å². The van der Waals surface area contributed by atoms with Crippen LogP contribution >= 0.6 is 0 Å². The normalized spacial score (nSPS) is 16.2. The van der Waals surface area contributed by atoms with E-state index in [1.165, 1.54) is 51.4 Å². The summed E-state index contributed by atoms with van der Waals surface area (Å²) < 4.78 is 10.6. The van der Waals surface area contributed by atoms with Crippen molar-refractivity contribution in [2.75, 3.05) is 13.2 Å². The van der Waals surface area contributed by atoms with Crippen LogP contribution < -0.4 is 10.1 Å². The van der Waals surface area contributed by atoms with E-state index in [2.05, 4.69) is 12.2 Å². The third kappa shape index (κ3) is 8.02. The number of unbranched alkanes of at least 4 members (excludes halogenated alkanes) is 8. The van der Waals surface area contributed by atoms with E-state index >= 15 is 0 Å². The smallest absolute Gasteiger partial charge is 0.328 e. The maximum atomic E-state index is 12.1. The molecule has 5 heteroatoms. The third-order valence-electron chi connectivity index (χ3n) is 4.87. The minimum atomic E-state index is -0.528. The first kappa shape index (κ1) is 21.3. The lowest BCUT2D eigenvalue weighted by Gasteiger charge is -2.10. The molecular weight excluding hydrogens is 342 g/mol. The highest BCUT2D eigenvalue weighted by atomic mass is 16.5. The Bertz CT molecular complexity index is 570. The predicted octanol–water partition coefficient (Wildman–Crippen LogP) is 4.64. The van der Waals surface area contributed by atoms with Crippen LogP contribution in [-0.2, 0) is 9.53 Å². The third-order valence-corrected chi connectivity index (χ3v) is 4.87. The van der Waals surface area contributed by atoms with Crippen molar-refractivity contribution in [3.8, 4) is 5.75 Å². The molecule has 0 saturated carbocycles. The first-order chi connectivity index (χ1) is 13.2. The summed E-state index contributed by atoms with van der Waals surface area (Å²) in [6.45, 7) is 3.32. The molecule has 1 N–H and O–H groups in total. The van der Waals surface area contributed by atoms with Crippen LogP contribution in [0.3, 0.4) is 0 Å². The first-order valence-electron chi connectivity index (χ1n) is 10.4. The fourth-order valence-corrected chi connectivity index (χ4v) is 3.17. The SMILES string of the molecule is CCCCCCCCCCCOc1ccc(C(=O)N[C@H]2CCOC2=O)cc1. The molecule has 0 spiro atoms. The van der Waals surface area contributed by atoms with Crippen molar-refractivity contribution in [2.24, 2.45) is 0 Å². The highest BCUT2D eigenvalue weighted by Gasteiger charge is 2.28. The van der Waals surface area contributed by atoms with Gasteiger partial charge in [0, 0.05) is 12.0 Å². The number of hydrogen-bond acceptors (Lipinski definition) is 4. The van der Waals surface area contributed by atoms with E-state index in [1.54, 1.807) is 24.3 Å². The first-order valence-corrected chi connectivity index (χ1v) is 10.4. The Morgan fingerprint density at radius 3 is 2.26 bits per heavy atom. The number of benzene rings is 1. The number of rotatable bonds is 13. The van der Waals surface area contributed by atoms with Crippen molar-refractivity contribution in [2.45, 2.75) is 77.2 Å². The molecule has 0 bridgehead atoms. The number of esters is 1. The average Bonchev–Trinajstić information content (AvgIpc) is 3.08. The number of carbonyl (C=O) groups is 2. The molecule has 1 amide bonds. The van der Waals surface area contributed by atoms with Gasteiger partial charge in [-0.3, -0.25) is 4.79 Å². The van der Waals surface area contributed by atoms with E-state index in [4.69, 9.17) is 9.47 Å². The minimum Gasteiger partial charge on any atom is -0.494 e. The number of amides is 1. The van der Waals surface area contributed by atoms with Gasteiger partial charge in [-0.25, -0.2) is 4.79 Å². The van der Waals surface area contributed by atoms with Gasteiger partial charge in [-0.15, -0.1) is 0 Å². The van der Waals surface area contributed by atoms with Gasteiger partial charge in [0.2, 0.25) is 0 Å². The summed E-state index contributed by atoms with van der Waals surface area (Å²) in [5.41, 5.74) is 0.519. The fraction of sp³-hybridized carbons (Fsp3) is 0.636. The molecule has 27 heavy (non-hydrogen) atoms. The van der Waals surface area contributed by atoms with Gasteiger partial charge >= 0.3 is 5.97 Å². The Morgan fingerprint density at radius 1 is 1.04 bits per heavy atom. The maximum Gasteiger partial charge on any atom is 0.328 e. The molecule has 1 aliphatic heterocycles. The van der Waals surface area contributed by atoms with E-state index < -0.39 is 6.04 Å². The van der Waals surface area contributed by atoms with Gasteiger partial charge in [0.1, 0.15) is 11.8 Å². The predicted molar refractivity (Wildman–Crippen MR) is 106 cm³/mol. The fourth-order valence-electron chi connectivity index (χ4n) is 3.17. The molecule has 0 aromatic heterocycles. The topological polar surface area (TPSA) is 64.6 Å². The Kier molecular flexibility index (Phi) is 9.74. The van der Waals surface area contributed by atoms with Crippen LogP contribution in [0, 0.1) is 0 Å². The monoisotopic (exact) mass is 375 g/mol. The molecule has 150 valence electrons. The van der Waals surface area contributed by atoms with Crippen LogP contribution in [0.4, 0.5) is 0 Å². The summed E-state index contributed by atoms with van der Waals surface area (Å²) in [6, 6.07) is 6.52. The van der Waals surface area contributed by atoms with Crippen LogP contribution in [0.5, 0.6) is 5.75 Å². The molecule has 1 fully saturated rings. The summed E-state index contributed by atoms with van der Waals surface area (Å²) in [5.74, 6) is 0.153. The number of ether oxygens (including phenoxy) is 2. The molecule has 5 nitrogen and oxygen atoms in total. The van der Waals surface area contributed by atoms with E-state index in [0.29, 0.717) is 25.2 Å². The highest BCUT2D eigenvalue weighted by molar-refractivity contribution is 5.97. The second-order valence-corrected chi connectivity index (χ2v) is 7.18. The molecule has 0 radical (unpaired) electrons. The van der Waals surface area contributed by atoms with E-state index in [1.807, 2.05) is 0 Å². The van der Waals surface area contributed by atoms with Gasteiger partial charge in [0.15, 0.2) is 0 Å². The number of hydrogen-bond donors (Lipinski definition) is 1. The lowest BCUT2D eigenvalue weighted by molar-refractivity contribution is -0.139. The van der Waals surface area contributed by atoms with Crippen LogP contribution in [-0.4, -0.2) is 31.1 Å². The lowest BCUT2D eigenvalue weighted by atomic mass is 10.1. The van der Waals surface area contributed by atoms with Gasteiger partial charge < -0.3 is 14.8 Å². The number of cyclic esters (lactones) is 1. The Hall–Kier alpha value is -2.04. The Morgan fingerprint density at radius 2 is 1.67 bits per heavy atom. The summed E-state index contributed by atoms with van der Waals surface area (Å²) in [5, 5.41) is 2.70. The molecule has 1 aromatic rings. The standard InChI is InChI=1S/C22H33NO4/c1-2-3-4-5-6-7-8-9-10-16-26-19-13-11-18(12-14-19)21(24)23-20-15-17-27-22(20)25/h11-14,20H,2-10,15-17H2,1H3,(H,23,24)/t20-/m0/s1. The van der Waals surface area contributed by atoms with Crippen molar-refractivity contribution in [1.29, 1.82) is 0 Å². The van der Waals surface area contributed by atoms with Crippen LogP contribution in [0.1, 0.15) is 81.5 Å². The van der Waals surface area contributed by atoms with Crippen molar-refractivity contribution in [1.82, 2.24) is 5.32 Å². The van der Waals surface area contributed by atoms with Crippen molar-refractivity contribution in [3.05, 3.63) is 29.8 Å². The molecule has 1 saturated heterocycles. The van der Waals surface area contributed by atoms with Gasteiger partial charge in [0.25, 0.3) is 5.91 Å². The Balaban J connectivity index is 1.56. The zero-order chi connectivity index (χ0) is 19.3. The highest BCUT2D eigenvalue weighted by Crippen LogP contribution is 2.15. The van der Waals surface area contributed by atoms with Crippen molar-refractivity contribution >= 4 is 11.9 Å². The Labute approximate surface area is 162 Å². The van der Waals surface area contributed by atoms with Gasteiger partial charge in [-0.1, -0.05) is 58.3 Å². The van der Waals surface area contributed by atoms with Gasteiger partial charge in [-0.2, -0.15) is 0 Å². The van der Waals surface area contributed by atoms with E-state index in [0.717, 1.165) is 12.2 Å². The zero-order valence-electron chi connectivity index (χ0n) is 16.5. The van der Waals surface area contributed by atoms with Gasteiger partial charge in [0.05, 0.1) is 13.2 Å². The van der Waals surface area contributed by atoms with Crippen LogP contribution in [0.2, 0.25) is 0 Å². The largest absolute Gasteiger partial charge is 0.494 e. The van der Waals surface area contributed by atoms with E-state index in [9.17, 15) is 9.59 Å². The minimum absolute atomic E-state index is 0.260. The second-order valence-electron chi connectivity index (χ2n) is 7.18. The molecular formula is C22H33NO4. The second kappa shape index (κ2) is 12.4. The molecule has 1 atom stereocenters. The van der Waals surface area contributed by atoms with Crippen molar-refractivity contribution < 1.29 is 19.1 Å². The quantitative estimate of drug-likeness (QED) is 0.403. The molecule has 2 rings (SSSR count). The number of nitrogens with one attached hydrogen (secondary N) is 1. The number of carbonyl (C=O) groups excluding carboxylic acids is 2. The van der Waals surface area contributed by atoms with E-state index in [-0.39, 0.29) is 11.9 Å².